The van der Waals surface area contributed by atoms with Crippen LogP contribution in [0.3, 0.4) is 0 Å². The number of methoxy groups -OCH3 is 2. The minimum atomic E-state index is -0.557. The van der Waals surface area contributed by atoms with E-state index in [0.29, 0.717) is 28.4 Å². The lowest BCUT2D eigenvalue weighted by atomic mass is 10.1. The van der Waals surface area contributed by atoms with Gasteiger partial charge in [0, 0.05) is 17.8 Å². The maximum Gasteiger partial charge on any atom is 0.338 e. The molecule has 1 aromatic carbocycles. The topological polar surface area (TPSA) is 79.1 Å². The number of hydrogen-bond donors (Lipinski definition) is 0. The Morgan fingerprint density at radius 3 is 2.41 bits per heavy atom. The van der Waals surface area contributed by atoms with E-state index in [1.54, 1.807) is 24.4 Å². The van der Waals surface area contributed by atoms with Crippen LogP contribution in [-0.4, -0.2) is 29.6 Å². The van der Waals surface area contributed by atoms with Gasteiger partial charge < -0.3 is 14.2 Å². The number of fused-ring (bicyclic) bond motifs is 1. The molecule has 2 aromatic heterocycles. The van der Waals surface area contributed by atoms with Gasteiger partial charge >= 0.3 is 5.97 Å². The summed E-state index contributed by atoms with van der Waals surface area (Å²) in [6, 6.07) is 8.18. The molecular formula is C20H20N2O5. The van der Waals surface area contributed by atoms with Crippen LogP contribution in [0.25, 0.3) is 5.65 Å². The standard InChI is InChI=1S/C20H20N2O5/c1-12-6-5-7-22-18(23)10-15(21-19(12)22)11-27-20(24)14-8-16(25-3)13(2)17(9-14)26-4/h5-10H,11H2,1-4H3. The maximum absolute atomic E-state index is 12.4. The molecule has 3 rings (SSSR count). The Kier molecular flexibility index (Phi) is 5.12. The van der Waals surface area contributed by atoms with Crippen LogP contribution in [0.2, 0.25) is 0 Å². The highest BCUT2D eigenvalue weighted by Crippen LogP contribution is 2.29. The van der Waals surface area contributed by atoms with Gasteiger partial charge in [-0.25, -0.2) is 9.78 Å². The van der Waals surface area contributed by atoms with Crippen LogP contribution < -0.4 is 15.0 Å². The summed E-state index contributed by atoms with van der Waals surface area (Å²) in [5.74, 6) is 0.497. The first-order valence-electron chi connectivity index (χ1n) is 8.32. The SMILES string of the molecule is COc1cc(C(=O)OCc2cc(=O)n3cccc(C)c3n2)cc(OC)c1C. The van der Waals surface area contributed by atoms with Crippen LogP contribution in [-0.2, 0) is 11.3 Å². The van der Waals surface area contributed by atoms with Crippen molar-refractivity contribution in [2.75, 3.05) is 14.2 Å². The van der Waals surface area contributed by atoms with Crippen molar-refractivity contribution in [2.24, 2.45) is 0 Å². The van der Waals surface area contributed by atoms with E-state index < -0.39 is 5.97 Å². The highest BCUT2D eigenvalue weighted by molar-refractivity contribution is 5.90. The number of benzene rings is 1. The zero-order chi connectivity index (χ0) is 19.6. The first-order chi connectivity index (χ1) is 12.9. The smallest absolute Gasteiger partial charge is 0.338 e. The number of carbonyl (C=O) groups is 1. The highest BCUT2D eigenvalue weighted by atomic mass is 16.5. The molecule has 7 nitrogen and oxygen atoms in total. The van der Waals surface area contributed by atoms with Crippen LogP contribution in [0.1, 0.15) is 27.2 Å². The largest absolute Gasteiger partial charge is 0.496 e. The van der Waals surface area contributed by atoms with Gasteiger partial charge in [-0.05, 0) is 37.6 Å². The van der Waals surface area contributed by atoms with E-state index >= 15 is 0 Å². The van der Waals surface area contributed by atoms with Crippen molar-refractivity contribution >= 4 is 11.6 Å². The Morgan fingerprint density at radius 1 is 1.11 bits per heavy atom. The van der Waals surface area contributed by atoms with Crippen LogP contribution in [0, 0.1) is 13.8 Å². The molecule has 0 fully saturated rings. The summed E-state index contributed by atoms with van der Waals surface area (Å²) in [6.45, 7) is 3.58. The van der Waals surface area contributed by atoms with E-state index in [2.05, 4.69) is 4.98 Å². The second-order valence-corrected chi connectivity index (χ2v) is 6.05. The number of pyridine rings is 1. The third-order valence-electron chi connectivity index (χ3n) is 4.28. The number of nitrogens with zero attached hydrogens (tertiary/aromatic N) is 2. The summed E-state index contributed by atoms with van der Waals surface area (Å²) in [5.41, 5.74) is 2.63. The lowest BCUT2D eigenvalue weighted by Gasteiger charge is -2.12. The normalized spacial score (nSPS) is 10.7. The van der Waals surface area contributed by atoms with Crippen molar-refractivity contribution in [1.29, 1.82) is 0 Å². The van der Waals surface area contributed by atoms with Gasteiger partial charge in [0.25, 0.3) is 5.56 Å². The van der Waals surface area contributed by atoms with Gasteiger partial charge in [-0.3, -0.25) is 9.20 Å². The summed E-state index contributed by atoms with van der Waals surface area (Å²) in [4.78, 5) is 29.1. The molecule has 3 aromatic rings. The molecule has 0 N–H and O–H groups in total. The molecule has 140 valence electrons. The minimum absolute atomic E-state index is 0.114. The summed E-state index contributed by atoms with van der Waals surface area (Å²) < 4.78 is 17.3. The van der Waals surface area contributed by atoms with E-state index in [1.165, 1.54) is 24.7 Å². The van der Waals surface area contributed by atoms with Crippen molar-refractivity contribution in [3.63, 3.8) is 0 Å². The molecule has 0 saturated heterocycles. The van der Waals surface area contributed by atoms with E-state index in [1.807, 2.05) is 19.9 Å². The van der Waals surface area contributed by atoms with E-state index in [0.717, 1.165) is 11.1 Å². The second kappa shape index (κ2) is 7.49. The van der Waals surface area contributed by atoms with Crippen LogP contribution in [0.5, 0.6) is 11.5 Å². The number of hydrogen-bond acceptors (Lipinski definition) is 6. The molecule has 27 heavy (non-hydrogen) atoms. The molecule has 7 heteroatoms. The molecule has 2 heterocycles. The van der Waals surface area contributed by atoms with Gasteiger partial charge in [0.1, 0.15) is 23.8 Å². The fraction of sp³-hybridized carbons (Fsp3) is 0.250. The van der Waals surface area contributed by atoms with Gasteiger partial charge in [0.2, 0.25) is 0 Å². The number of carbonyl (C=O) groups excluding carboxylic acids is 1. The first kappa shape index (κ1) is 18.4. The Hall–Kier alpha value is -3.35. The quantitative estimate of drug-likeness (QED) is 0.644. The van der Waals surface area contributed by atoms with Gasteiger partial charge in [0.15, 0.2) is 0 Å². The molecule has 0 aliphatic carbocycles. The van der Waals surface area contributed by atoms with Crippen molar-refractivity contribution in [3.8, 4) is 11.5 Å². The molecule has 0 aliphatic rings. The van der Waals surface area contributed by atoms with Crippen LogP contribution >= 0.6 is 0 Å². The maximum atomic E-state index is 12.4. The summed E-state index contributed by atoms with van der Waals surface area (Å²) in [5, 5.41) is 0. The molecular weight excluding hydrogens is 348 g/mol. The second-order valence-electron chi connectivity index (χ2n) is 6.05. The summed E-state index contributed by atoms with van der Waals surface area (Å²) in [7, 11) is 3.04. The number of rotatable bonds is 5. The van der Waals surface area contributed by atoms with Crippen LogP contribution in [0.4, 0.5) is 0 Å². The summed E-state index contributed by atoms with van der Waals surface area (Å²) >= 11 is 0. The van der Waals surface area contributed by atoms with E-state index in [9.17, 15) is 9.59 Å². The zero-order valence-corrected chi connectivity index (χ0v) is 15.6. The van der Waals surface area contributed by atoms with Gasteiger partial charge in [-0.15, -0.1) is 0 Å². The third-order valence-corrected chi connectivity index (χ3v) is 4.28. The first-order valence-corrected chi connectivity index (χ1v) is 8.32. The highest BCUT2D eigenvalue weighted by Gasteiger charge is 2.15. The molecule has 0 saturated carbocycles. The van der Waals surface area contributed by atoms with E-state index in [-0.39, 0.29) is 12.2 Å². The number of aromatic nitrogens is 2. The van der Waals surface area contributed by atoms with Crippen molar-refractivity contribution < 1.29 is 19.0 Å². The Bertz CT molecular complexity index is 1050. The molecule has 0 bridgehead atoms. The predicted octanol–water partition coefficient (Wildman–Crippen LogP) is 2.69. The average molecular weight is 368 g/mol. The molecule has 0 radical (unpaired) electrons. The third kappa shape index (κ3) is 3.62. The molecule has 0 unspecified atom stereocenters. The number of aryl methyl sites for hydroxylation is 1. The molecule has 0 spiro atoms. The number of esters is 1. The fourth-order valence-corrected chi connectivity index (χ4v) is 2.81. The van der Waals surface area contributed by atoms with Crippen molar-refractivity contribution in [1.82, 2.24) is 9.38 Å². The van der Waals surface area contributed by atoms with Gasteiger partial charge in [-0.1, -0.05) is 6.07 Å². The van der Waals surface area contributed by atoms with Crippen molar-refractivity contribution in [2.45, 2.75) is 20.5 Å². The molecule has 0 amide bonds. The lowest BCUT2D eigenvalue weighted by Crippen LogP contribution is -2.17. The summed E-state index contributed by atoms with van der Waals surface area (Å²) in [6.07, 6.45) is 1.65. The fourth-order valence-electron chi connectivity index (χ4n) is 2.81. The average Bonchev–Trinajstić information content (AvgIpc) is 2.67. The van der Waals surface area contributed by atoms with Crippen LogP contribution in [0.15, 0.2) is 41.3 Å². The zero-order valence-electron chi connectivity index (χ0n) is 15.6. The predicted molar refractivity (Wildman–Crippen MR) is 99.6 cm³/mol. The van der Waals surface area contributed by atoms with Gasteiger partial charge in [0.05, 0.1) is 25.5 Å². The Labute approximate surface area is 156 Å². The lowest BCUT2D eigenvalue weighted by molar-refractivity contribution is 0.0467. The minimum Gasteiger partial charge on any atom is -0.496 e. The monoisotopic (exact) mass is 368 g/mol. The molecule has 0 aliphatic heterocycles. The van der Waals surface area contributed by atoms with Gasteiger partial charge in [-0.2, -0.15) is 0 Å². The molecule has 0 atom stereocenters. The van der Waals surface area contributed by atoms with Crippen molar-refractivity contribution in [3.05, 3.63) is 69.3 Å². The Morgan fingerprint density at radius 2 is 1.78 bits per heavy atom. The number of ether oxygens (including phenoxy) is 3. The Balaban J connectivity index is 1.85. The van der Waals surface area contributed by atoms with E-state index in [4.69, 9.17) is 14.2 Å².